The highest BCUT2D eigenvalue weighted by Gasteiger charge is 2.13. The van der Waals surface area contributed by atoms with Crippen molar-refractivity contribution in [3.8, 4) is 11.3 Å². The van der Waals surface area contributed by atoms with Crippen LogP contribution in [0.4, 0.5) is 5.82 Å². The van der Waals surface area contributed by atoms with Crippen molar-refractivity contribution in [3.05, 3.63) is 58.9 Å². The van der Waals surface area contributed by atoms with Crippen molar-refractivity contribution in [1.82, 2.24) is 14.5 Å². The van der Waals surface area contributed by atoms with Gasteiger partial charge in [0.25, 0.3) is 0 Å². The third-order valence-electron chi connectivity index (χ3n) is 3.87. The summed E-state index contributed by atoms with van der Waals surface area (Å²) in [6.07, 6.45) is 2.22. The highest BCUT2D eigenvalue weighted by Crippen LogP contribution is 2.24. The second-order valence-electron chi connectivity index (χ2n) is 5.92. The zero-order chi connectivity index (χ0) is 17.4. The number of rotatable bonds is 4. The van der Waals surface area contributed by atoms with Gasteiger partial charge in [-0.15, -0.1) is 11.3 Å². The summed E-state index contributed by atoms with van der Waals surface area (Å²) in [6.45, 7) is 3.84. The number of fused-ring (bicyclic) bond motifs is 1. The molecule has 4 rings (SSSR count). The Kier molecular flexibility index (Phi) is 3.85. The zero-order valence-corrected chi connectivity index (χ0v) is 14.6. The SMILES string of the molecule is Cc1ccc(-c2cn3c(CC(=O)Nc4cc(C)on4)csc3n2)cc1. The van der Waals surface area contributed by atoms with Crippen molar-refractivity contribution in [2.75, 3.05) is 5.32 Å². The number of amides is 1. The number of hydrogen-bond donors (Lipinski definition) is 1. The Morgan fingerprint density at radius 1 is 1.28 bits per heavy atom. The van der Waals surface area contributed by atoms with Crippen LogP contribution in [0.1, 0.15) is 17.0 Å². The summed E-state index contributed by atoms with van der Waals surface area (Å²) < 4.78 is 6.92. The number of hydrogen-bond acceptors (Lipinski definition) is 5. The molecule has 0 atom stereocenters. The third-order valence-corrected chi connectivity index (χ3v) is 4.76. The van der Waals surface area contributed by atoms with Gasteiger partial charge in [-0.1, -0.05) is 35.0 Å². The Morgan fingerprint density at radius 3 is 2.80 bits per heavy atom. The maximum absolute atomic E-state index is 12.2. The lowest BCUT2D eigenvalue weighted by Gasteiger charge is -2.00. The zero-order valence-electron chi connectivity index (χ0n) is 13.8. The van der Waals surface area contributed by atoms with E-state index in [1.807, 2.05) is 16.0 Å². The molecule has 3 heterocycles. The van der Waals surface area contributed by atoms with Crippen molar-refractivity contribution >= 4 is 28.0 Å². The number of carbonyl (C=O) groups is 1. The number of nitrogens with zero attached hydrogens (tertiary/aromatic N) is 3. The summed E-state index contributed by atoms with van der Waals surface area (Å²) in [5.41, 5.74) is 4.07. The second-order valence-corrected chi connectivity index (χ2v) is 6.76. The van der Waals surface area contributed by atoms with E-state index in [0.29, 0.717) is 11.6 Å². The first-order valence-electron chi connectivity index (χ1n) is 7.84. The van der Waals surface area contributed by atoms with E-state index in [1.165, 1.54) is 16.9 Å². The fraction of sp³-hybridized carbons (Fsp3) is 0.167. The van der Waals surface area contributed by atoms with Crippen LogP contribution in [0.3, 0.4) is 0 Å². The molecule has 1 amide bonds. The van der Waals surface area contributed by atoms with Crippen molar-refractivity contribution in [3.63, 3.8) is 0 Å². The van der Waals surface area contributed by atoms with Crippen LogP contribution in [0, 0.1) is 13.8 Å². The number of carbonyl (C=O) groups excluding carboxylic acids is 1. The van der Waals surface area contributed by atoms with Crippen LogP contribution < -0.4 is 5.32 Å². The van der Waals surface area contributed by atoms with Crippen molar-refractivity contribution in [2.45, 2.75) is 20.3 Å². The molecule has 0 aliphatic carbocycles. The number of aryl methyl sites for hydroxylation is 2. The Bertz CT molecular complexity index is 1040. The predicted molar refractivity (Wildman–Crippen MR) is 96.8 cm³/mol. The topological polar surface area (TPSA) is 72.4 Å². The van der Waals surface area contributed by atoms with E-state index >= 15 is 0 Å². The number of imidazole rings is 1. The van der Waals surface area contributed by atoms with Gasteiger partial charge in [0.05, 0.1) is 12.1 Å². The quantitative estimate of drug-likeness (QED) is 0.605. The van der Waals surface area contributed by atoms with Crippen molar-refractivity contribution in [1.29, 1.82) is 0 Å². The molecule has 1 N–H and O–H groups in total. The Balaban J connectivity index is 1.56. The number of benzene rings is 1. The monoisotopic (exact) mass is 352 g/mol. The van der Waals surface area contributed by atoms with Crippen LogP contribution >= 0.6 is 11.3 Å². The average Bonchev–Trinajstić information content (AvgIpc) is 3.26. The van der Waals surface area contributed by atoms with Gasteiger partial charge in [-0.3, -0.25) is 9.20 Å². The lowest BCUT2D eigenvalue weighted by molar-refractivity contribution is -0.115. The van der Waals surface area contributed by atoms with Gasteiger partial charge in [-0.05, 0) is 13.8 Å². The van der Waals surface area contributed by atoms with Crippen LogP contribution in [-0.2, 0) is 11.2 Å². The number of thiazole rings is 1. The first-order chi connectivity index (χ1) is 12.1. The summed E-state index contributed by atoms with van der Waals surface area (Å²) in [5, 5.41) is 8.47. The van der Waals surface area contributed by atoms with Gasteiger partial charge in [-0.2, -0.15) is 0 Å². The average molecular weight is 352 g/mol. The summed E-state index contributed by atoms with van der Waals surface area (Å²) in [4.78, 5) is 17.7. The largest absolute Gasteiger partial charge is 0.360 e. The maximum atomic E-state index is 12.2. The molecule has 25 heavy (non-hydrogen) atoms. The predicted octanol–water partition coefficient (Wildman–Crippen LogP) is 3.85. The molecule has 0 saturated carbocycles. The first-order valence-corrected chi connectivity index (χ1v) is 8.72. The second kappa shape index (κ2) is 6.18. The molecule has 126 valence electrons. The van der Waals surface area contributed by atoms with Gasteiger partial charge in [0.15, 0.2) is 10.8 Å². The molecule has 0 saturated heterocycles. The molecular formula is C18H16N4O2S. The molecule has 0 radical (unpaired) electrons. The Labute approximate surface area is 148 Å². The molecule has 7 heteroatoms. The molecule has 0 spiro atoms. The van der Waals surface area contributed by atoms with Gasteiger partial charge in [0.1, 0.15) is 5.76 Å². The molecule has 1 aromatic carbocycles. The van der Waals surface area contributed by atoms with Crippen LogP contribution in [0.5, 0.6) is 0 Å². The van der Waals surface area contributed by atoms with E-state index < -0.39 is 0 Å². The highest BCUT2D eigenvalue weighted by molar-refractivity contribution is 7.15. The van der Waals surface area contributed by atoms with E-state index in [2.05, 4.69) is 46.6 Å². The van der Waals surface area contributed by atoms with Gasteiger partial charge in [-0.25, -0.2) is 4.98 Å². The van der Waals surface area contributed by atoms with E-state index in [4.69, 9.17) is 4.52 Å². The van der Waals surface area contributed by atoms with Crippen molar-refractivity contribution in [2.24, 2.45) is 0 Å². The normalized spacial score (nSPS) is 11.1. The molecule has 3 aromatic heterocycles. The number of anilines is 1. The summed E-state index contributed by atoms with van der Waals surface area (Å²) in [6, 6.07) is 9.93. The lowest BCUT2D eigenvalue weighted by Crippen LogP contribution is -2.15. The fourth-order valence-corrected chi connectivity index (χ4v) is 3.47. The lowest BCUT2D eigenvalue weighted by atomic mass is 10.1. The molecule has 0 aliphatic heterocycles. The minimum Gasteiger partial charge on any atom is -0.360 e. The molecule has 6 nitrogen and oxygen atoms in total. The number of aromatic nitrogens is 3. The van der Waals surface area contributed by atoms with E-state index in [0.717, 1.165) is 21.9 Å². The highest BCUT2D eigenvalue weighted by atomic mass is 32.1. The summed E-state index contributed by atoms with van der Waals surface area (Å²) in [5.74, 6) is 0.948. The molecule has 0 unspecified atom stereocenters. The van der Waals surface area contributed by atoms with E-state index in [-0.39, 0.29) is 12.3 Å². The van der Waals surface area contributed by atoms with Gasteiger partial charge < -0.3 is 9.84 Å². The van der Waals surface area contributed by atoms with Gasteiger partial charge in [0, 0.05) is 28.9 Å². The molecular weight excluding hydrogens is 336 g/mol. The smallest absolute Gasteiger partial charge is 0.231 e. The number of nitrogens with one attached hydrogen (secondary N) is 1. The van der Waals surface area contributed by atoms with Crippen LogP contribution in [-0.4, -0.2) is 20.4 Å². The van der Waals surface area contributed by atoms with Crippen LogP contribution in [0.25, 0.3) is 16.2 Å². The van der Waals surface area contributed by atoms with E-state index in [9.17, 15) is 4.79 Å². The van der Waals surface area contributed by atoms with Crippen molar-refractivity contribution < 1.29 is 9.32 Å². The minimum absolute atomic E-state index is 0.140. The summed E-state index contributed by atoms with van der Waals surface area (Å²) >= 11 is 1.52. The maximum Gasteiger partial charge on any atom is 0.231 e. The van der Waals surface area contributed by atoms with Crippen LogP contribution in [0.15, 0.2) is 46.4 Å². The molecule has 4 aromatic rings. The first kappa shape index (κ1) is 15.6. The Hall–Kier alpha value is -2.93. The standard InChI is InChI=1S/C18H16N4O2S/c1-11-3-5-13(6-4-11)15-9-22-14(10-25-18(22)19-15)8-17(23)20-16-7-12(2)24-21-16/h3-7,9-10H,8H2,1-2H3,(H,20,21,23). The third kappa shape index (κ3) is 3.18. The Morgan fingerprint density at radius 2 is 2.08 bits per heavy atom. The molecule has 0 fully saturated rings. The minimum atomic E-state index is -0.140. The molecule has 0 aliphatic rings. The van der Waals surface area contributed by atoms with Gasteiger partial charge in [0.2, 0.25) is 5.91 Å². The molecule has 0 bridgehead atoms. The fourth-order valence-electron chi connectivity index (χ4n) is 2.60. The van der Waals surface area contributed by atoms with Gasteiger partial charge >= 0.3 is 0 Å². The summed E-state index contributed by atoms with van der Waals surface area (Å²) in [7, 11) is 0. The van der Waals surface area contributed by atoms with E-state index in [1.54, 1.807) is 13.0 Å². The van der Waals surface area contributed by atoms with Crippen LogP contribution in [0.2, 0.25) is 0 Å².